The molecule has 1 saturated heterocycles. The first kappa shape index (κ1) is 15.4. The number of carboxylic acids is 1. The van der Waals surface area contributed by atoms with E-state index in [9.17, 15) is 9.90 Å². The van der Waals surface area contributed by atoms with Gasteiger partial charge in [0.1, 0.15) is 6.04 Å². The standard InChI is InChI=1S/C14H28N2O2/c1-4-7-8-13(14(17)18)16-10-9-12(11-16)15(5-2)6-3/h12-13H,4-11H2,1-3H3,(H,17,18). The molecule has 4 heteroatoms. The Kier molecular flexibility index (Phi) is 6.65. The van der Waals surface area contributed by atoms with Gasteiger partial charge in [-0.2, -0.15) is 0 Å². The Morgan fingerprint density at radius 2 is 2.06 bits per heavy atom. The van der Waals surface area contributed by atoms with Crippen LogP contribution in [0.5, 0.6) is 0 Å². The number of nitrogens with zero attached hydrogens (tertiary/aromatic N) is 2. The van der Waals surface area contributed by atoms with Crippen LogP contribution in [0.15, 0.2) is 0 Å². The molecule has 1 heterocycles. The van der Waals surface area contributed by atoms with E-state index in [1.165, 1.54) is 0 Å². The average molecular weight is 256 g/mol. The highest BCUT2D eigenvalue weighted by Crippen LogP contribution is 2.20. The molecule has 0 bridgehead atoms. The van der Waals surface area contributed by atoms with E-state index in [2.05, 4.69) is 30.6 Å². The van der Waals surface area contributed by atoms with Crippen LogP contribution in [0.25, 0.3) is 0 Å². The van der Waals surface area contributed by atoms with Gasteiger partial charge in [-0.1, -0.05) is 33.6 Å². The lowest BCUT2D eigenvalue weighted by molar-refractivity contribution is -0.143. The van der Waals surface area contributed by atoms with Crippen LogP contribution < -0.4 is 0 Å². The monoisotopic (exact) mass is 256 g/mol. The first-order chi connectivity index (χ1) is 8.63. The highest BCUT2D eigenvalue weighted by molar-refractivity contribution is 5.73. The second-order valence-electron chi connectivity index (χ2n) is 5.15. The maximum Gasteiger partial charge on any atom is 0.320 e. The summed E-state index contributed by atoms with van der Waals surface area (Å²) in [6.45, 7) is 10.4. The van der Waals surface area contributed by atoms with Crippen molar-refractivity contribution in [2.75, 3.05) is 26.2 Å². The third kappa shape index (κ3) is 3.95. The van der Waals surface area contributed by atoms with Crippen LogP contribution in [0.4, 0.5) is 0 Å². The molecule has 4 nitrogen and oxygen atoms in total. The van der Waals surface area contributed by atoms with E-state index in [4.69, 9.17) is 0 Å². The van der Waals surface area contributed by atoms with Crippen LogP contribution >= 0.6 is 0 Å². The summed E-state index contributed by atoms with van der Waals surface area (Å²) >= 11 is 0. The van der Waals surface area contributed by atoms with Crippen molar-refractivity contribution >= 4 is 5.97 Å². The lowest BCUT2D eigenvalue weighted by Crippen LogP contribution is -2.43. The third-order valence-corrected chi connectivity index (χ3v) is 4.08. The topological polar surface area (TPSA) is 43.8 Å². The van der Waals surface area contributed by atoms with Gasteiger partial charge in [-0.3, -0.25) is 14.6 Å². The predicted molar refractivity (Wildman–Crippen MR) is 73.8 cm³/mol. The molecule has 1 N–H and O–H groups in total. The first-order valence-corrected chi connectivity index (χ1v) is 7.34. The van der Waals surface area contributed by atoms with E-state index < -0.39 is 5.97 Å². The number of unbranched alkanes of at least 4 members (excludes halogenated alkanes) is 1. The summed E-state index contributed by atoms with van der Waals surface area (Å²) in [5.74, 6) is -0.649. The van der Waals surface area contributed by atoms with Gasteiger partial charge in [0.25, 0.3) is 0 Å². The summed E-state index contributed by atoms with van der Waals surface area (Å²) in [6, 6.07) is 0.272. The molecular formula is C14H28N2O2. The molecule has 0 radical (unpaired) electrons. The number of hydrogen-bond donors (Lipinski definition) is 1. The fourth-order valence-electron chi connectivity index (χ4n) is 2.95. The summed E-state index contributed by atoms with van der Waals surface area (Å²) in [4.78, 5) is 16.0. The molecule has 1 rings (SSSR count). The Morgan fingerprint density at radius 1 is 1.39 bits per heavy atom. The molecule has 0 aromatic rings. The fourth-order valence-corrected chi connectivity index (χ4v) is 2.95. The lowest BCUT2D eigenvalue weighted by atomic mass is 10.1. The van der Waals surface area contributed by atoms with Gasteiger partial charge in [-0.05, 0) is 25.9 Å². The second kappa shape index (κ2) is 7.74. The summed E-state index contributed by atoms with van der Waals surface area (Å²) in [5.41, 5.74) is 0. The van der Waals surface area contributed by atoms with E-state index >= 15 is 0 Å². The van der Waals surface area contributed by atoms with Crippen molar-refractivity contribution < 1.29 is 9.90 Å². The van der Waals surface area contributed by atoms with Crippen molar-refractivity contribution in [2.45, 2.75) is 58.5 Å². The molecule has 0 aliphatic carbocycles. The molecule has 2 atom stereocenters. The SMILES string of the molecule is CCCCC(C(=O)O)N1CCC(N(CC)CC)C1. The normalized spacial score (nSPS) is 22.6. The maximum absolute atomic E-state index is 11.4. The minimum atomic E-state index is -0.649. The van der Waals surface area contributed by atoms with Gasteiger partial charge < -0.3 is 5.11 Å². The summed E-state index contributed by atoms with van der Waals surface area (Å²) in [5, 5.41) is 9.34. The molecule has 0 saturated carbocycles. The Balaban J connectivity index is 2.54. The number of hydrogen-bond acceptors (Lipinski definition) is 3. The van der Waals surface area contributed by atoms with Gasteiger partial charge >= 0.3 is 5.97 Å². The van der Waals surface area contributed by atoms with E-state index in [0.717, 1.165) is 51.9 Å². The second-order valence-corrected chi connectivity index (χ2v) is 5.15. The van der Waals surface area contributed by atoms with Crippen LogP contribution in [-0.4, -0.2) is 59.1 Å². The van der Waals surface area contributed by atoms with E-state index in [-0.39, 0.29) is 6.04 Å². The van der Waals surface area contributed by atoms with Crippen LogP contribution in [-0.2, 0) is 4.79 Å². The van der Waals surface area contributed by atoms with E-state index in [1.54, 1.807) is 0 Å². The molecule has 106 valence electrons. The Hall–Kier alpha value is -0.610. The fraction of sp³-hybridized carbons (Fsp3) is 0.929. The molecule has 1 aliphatic rings. The Bertz CT molecular complexity index is 254. The minimum Gasteiger partial charge on any atom is -0.480 e. The van der Waals surface area contributed by atoms with Gasteiger partial charge in [0.2, 0.25) is 0 Å². The van der Waals surface area contributed by atoms with Gasteiger partial charge in [0.05, 0.1) is 0 Å². The highest BCUT2D eigenvalue weighted by atomic mass is 16.4. The van der Waals surface area contributed by atoms with Gasteiger partial charge in [-0.25, -0.2) is 0 Å². The van der Waals surface area contributed by atoms with E-state index in [1.807, 2.05) is 0 Å². The summed E-state index contributed by atoms with van der Waals surface area (Å²) in [6.07, 6.45) is 3.97. The molecule has 2 unspecified atom stereocenters. The minimum absolute atomic E-state index is 0.273. The summed E-state index contributed by atoms with van der Waals surface area (Å²) in [7, 11) is 0. The van der Waals surface area contributed by atoms with Crippen molar-refractivity contribution in [1.82, 2.24) is 9.80 Å². The zero-order valence-corrected chi connectivity index (χ0v) is 12.1. The maximum atomic E-state index is 11.4. The Labute approximate surface area is 111 Å². The van der Waals surface area contributed by atoms with Crippen molar-refractivity contribution in [1.29, 1.82) is 0 Å². The number of likely N-dealkylation sites (N-methyl/N-ethyl adjacent to an activating group) is 1. The molecule has 1 aliphatic heterocycles. The smallest absolute Gasteiger partial charge is 0.320 e. The van der Waals surface area contributed by atoms with Crippen molar-refractivity contribution in [2.24, 2.45) is 0 Å². The van der Waals surface area contributed by atoms with Gasteiger partial charge in [0, 0.05) is 19.1 Å². The molecule has 0 aromatic heterocycles. The van der Waals surface area contributed by atoms with Crippen LogP contribution in [0.1, 0.15) is 46.5 Å². The number of aliphatic carboxylic acids is 1. The number of carboxylic acid groups (broad SMARTS) is 1. The number of carbonyl (C=O) groups is 1. The zero-order chi connectivity index (χ0) is 13.5. The number of likely N-dealkylation sites (tertiary alicyclic amines) is 1. The van der Waals surface area contributed by atoms with Crippen LogP contribution in [0.3, 0.4) is 0 Å². The van der Waals surface area contributed by atoms with Crippen molar-refractivity contribution in [3.63, 3.8) is 0 Å². The largest absolute Gasteiger partial charge is 0.480 e. The molecule has 0 spiro atoms. The van der Waals surface area contributed by atoms with Crippen LogP contribution in [0, 0.1) is 0 Å². The van der Waals surface area contributed by atoms with Crippen LogP contribution in [0.2, 0.25) is 0 Å². The Morgan fingerprint density at radius 3 is 2.56 bits per heavy atom. The molecular weight excluding hydrogens is 228 g/mol. The van der Waals surface area contributed by atoms with Crippen molar-refractivity contribution in [3.8, 4) is 0 Å². The van der Waals surface area contributed by atoms with Gasteiger partial charge in [0.15, 0.2) is 0 Å². The zero-order valence-electron chi connectivity index (χ0n) is 12.1. The van der Waals surface area contributed by atoms with Crippen molar-refractivity contribution in [3.05, 3.63) is 0 Å². The number of rotatable bonds is 8. The molecule has 18 heavy (non-hydrogen) atoms. The van der Waals surface area contributed by atoms with Gasteiger partial charge in [-0.15, -0.1) is 0 Å². The third-order valence-electron chi connectivity index (χ3n) is 4.08. The molecule has 0 amide bonds. The highest BCUT2D eigenvalue weighted by Gasteiger charge is 2.33. The summed E-state index contributed by atoms with van der Waals surface area (Å²) < 4.78 is 0. The quantitative estimate of drug-likeness (QED) is 0.722. The molecule has 0 aromatic carbocycles. The lowest BCUT2D eigenvalue weighted by Gasteiger charge is -2.28. The predicted octanol–water partition coefficient (Wildman–Crippen LogP) is 2.05. The van der Waals surface area contributed by atoms with E-state index in [0.29, 0.717) is 6.04 Å². The average Bonchev–Trinajstić information content (AvgIpc) is 2.80. The molecule has 1 fully saturated rings. The first-order valence-electron chi connectivity index (χ1n) is 7.34.